The van der Waals surface area contributed by atoms with Gasteiger partial charge in [0.1, 0.15) is 0 Å². The van der Waals surface area contributed by atoms with Gasteiger partial charge in [-0.15, -0.1) is 0 Å². The average molecular weight is 278 g/mol. The summed E-state index contributed by atoms with van der Waals surface area (Å²) in [5.41, 5.74) is 7.24. The quantitative estimate of drug-likeness (QED) is 0.898. The average Bonchev–Trinajstić information content (AvgIpc) is 2.48. The summed E-state index contributed by atoms with van der Waals surface area (Å²) in [6, 6.07) is 6.37. The van der Waals surface area contributed by atoms with Crippen molar-refractivity contribution in [2.75, 3.05) is 33.9 Å². The van der Waals surface area contributed by atoms with Crippen molar-refractivity contribution in [3.8, 4) is 11.5 Å². The van der Waals surface area contributed by atoms with E-state index in [0.29, 0.717) is 6.54 Å². The second-order valence-corrected chi connectivity index (χ2v) is 5.61. The Bertz CT molecular complexity index is 436. The first-order valence-corrected chi connectivity index (χ1v) is 7.35. The summed E-state index contributed by atoms with van der Waals surface area (Å²) in [5.74, 6) is 2.28. The molecule has 1 aromatic rings. The molecule has 0 bridgehead atoms. The van der Waals surface area contributed by atoms with E-state index in [9.17, 15) is 0 Å². The van der Waals surface area contributed by atoms with Gasteiger partial charge in [-0.2, -0.15) is 0 Å². The molecule has 0 unspecified atom stereocenters. The fraction of sp³-hybridized carbons (Fsp3) is 0.625. The molecule has 0 radical (unpaired) electrons. The van der Waals surface area contributed by atoms with Crippen LogP contribution < -0.4 is 15.2 Å². The van der Waals surface area contributed by atoms with E-state index in [2.05, 4.69) is 24.0 Å². The highest BCUT2D eigenvalue weighted by Gasteiger charge is 2.24. The van der Waals surface area contributed by atoms with Gasteiger partial charge in [-0.1, -0.05) is 13.0 Å². The van der Waals surface area contributed by atoms with Crippen LogP contribution in [-0.4, -0.2) is 38.8 Å². The molecule has 0 aromatic heterocycles. The zero-order valence-electron chi connectivity index (χ0n) is 12.8. The monoisotopic (exact) mass is 278 g/mol. The predicted octanol–water partition coefficient (Wildman–Crippen LogP) is 2.44. The van der Waals surface area contributed by atoms with Crippen LogP contribution in [0.3, 0.4) is 0 Å². The van der Waals surface area contributed by atoms with Gasteiger partial charge in [0.25, 0.3) is 0 Å². The minimum Gasteiger partial charge on any atom is -0.493 e. The lowest BCUT2D eigenvalue weighted by atomic mass is 9.96. The number of benzene rings is 1. The first-order chi connectivity index (χ1) is 9.69. The van der Waals surface area contributed by atoms with Crippen molar-refractivity contribution in [1.82, 2.24) is 4.90 Å². The number of ether oxygens (including phenoxy) is 2. The van der Waals surface area contributed by atoms with Crippen molar-refractivity contribution in [3.05, 3.63) is 23.8 Å². The van der Waals surface area contributed by atoms with Crippen molar-refractivity contribution in [2.24, 2.45) is 11.7 Å². The zero-order valence-corrected chi connectivity index (χ0v) is 12.8. The molecule has 1 saturated heterocycles. The van der Waals surface area contributed by atoms with E-state index in [1.165, 1.54) is 18.4 Å². The Morgan fingerprint density at radius 3 is 2.65 bits per heavy atom. The Labute approximate surface area is 121 Å². The lowest BCUT2D eigenvalue weighted by Crippen LogP contribution is -2.40. The third-order valence-corrected chi connectivity index (χ3v) is 4.14. The van der Waals surface area contributed by atoms with Crippen molar-refractivity contribution in [1.29, 1.82) is 0 Å². The van der Waals surface area contributed by atoms with Gasteiger partial charge in [-0.05, 0) is 43.0 Å². The zero-order chi connectivity index (χ0) is 14.5. The molecule has 1 aliphatic heterocycles. The van der Waals surface area contributed by atoms with E-state index in [0.717, 1.165) is 30.5 Å². The van der Waals surface area contributed by atoms with Crippen LogP contribution in [0.25, 0.3) is 0 Å². The van der Waals surface area contributed by atoms with Gasteiger partial charge in [0, 0.05) is 19.1 Å². The Morgan fingerprint density at radius 2 is 2.05 bits per heavy atom. The molecule has 0 saturated carbocycles. The molecular formula is C16H26N2O2. The highest BCUT2D eigenvalue weighted by molar-refractivity contribution is 5.43. The molecule has 112 valence electrons. The van der Waals surface area contributed by atoms with Gasteiger partial charge >= 0.3 is 0 Å². The molecule has 20 heavy (non-hydrogen) atoms. The molecule has 2 atom stereocenters. The molecule has 4 heteroatoms. The number of likely N-dealkylation sites (tertiary alicyclic amines) is 1. The van der Waals surface area contributed by atoms with Gasteiger partial charge in [-0.25, -0.2) is 0 Å². The van der Waals surface area contributed by atoms with Crippen LogP contribution in [-0.2, 0) is 0 Å². The topological polar surface area (TPSA) is 47.7 Å². The Kier molecular flexibility index (Phi) is 5.26. The maximum atomic E-state index is 6.03. The highest BCUT2D eigenvalue weighted by atomic mass is 16.5. The van der Waals surface area contributed by atoms with Crippen LogP contribution in [0.15, 0.2) is 18.2 Å². The molecule has 1 heterocycles. The molecule has 0 aliphatic carbocycles. The number of nitrogens with zero attached hydrogens (tertiary/aromatic N) is 1. The number of piperidine rings is 1. The summed E-state index contributed by atoms with van der Waals surface area (Å²) in [6.45, 7) is 5.19. The van der Waals surface area contributed by atoms with E-state index in [-0.39, 0.29) is 6.04 Å². The molecular weight excluding hydrogens is 252 g/mol. The highest BCUT2D eigenvalue weighted by Crippen LogP contribution is 2.33. The maximum absolute atomic E-state index is 6.03. The van der Waals surface area contributed by atoms with Crippen LogP contribution in [0.1, 0.15) is 31.4 Å². The lowest BCUT2D eigenvalue weighted by molar-refractivity contribution is 0.133. The Balaban J connectivity index is 2.22. The fourth-order valence-corrected chi connectivity index (χ4v) is 3.06. The lowest BCUT2D eigenvalue weighted by Gasteiger charge is -2.37. The Morgan fingerprint density at radius 1 is 1.30 bits per heavy atom. The second-order valence-electron chi connectivity index (χ2n) is 5.61. The van der Waals surface area contributed by atoms with E-state index < -0.39 is 0 Å². The summed E-state index contributed by atoms with van der Waals surface area (Å²) in [5, 5.41) is 0. The van der Waals surface area contributed by atoms with Crippen molar-refractivity contribution >= 4 is 0 Å². The standard InChI is InChI=1S/C16H26N2O2/c1-12-5-4-8-18(11-12)14(10-17)13-6-7-15(19-2)16(9-13)20-3/h6-7,9,12,14H,4-5,8,10-11,17H2,1-3H3/t12-,14-/m0/s1. The summed E-state index contributed by atoms with van der Waals surface area (Å²) in [7, 11) is 3.33. The van der Waals surface area contributed by atoms with Gasteiger partial charge in [0.15, 0.2) is 11.5 Å². The molecule has 0 amide bonds. The normalized spacial score (nSPS) is 21.5. The van der Waals surface area contributed by atoms with Gasteiger partial charge in [0.05, 0.1) is 14.2 Å². The molecule has 1 fully saturated rings. The summed E-state index contributed by atoms with van der Waals surface area (Å²) < 4.78 is 10.7. The van der Waals surface area contributed by atoms with E-state index >= 15 is 0 Å². The van der Waals surface area contributed by atoms with E-state index in [4.69, 9.17) is 15.2 Å². The SMILES string of the molecule is COc1ccc([C@H](CN)N2CCC[C@H](C)C2)cc1OC. The first-order valence-electron chi connectivity index (χ1n) is 7.35. The molecule has 1 aliphatic rings. The van der Waals surface area contributed by atoms with Crippen LogP contribution in [0.5, 0.6) is 11.5 Å². The third kappa shape index (κ3) is 3.25. The van der Waals surface area contributed by atoms with E-state index in [1.807, 2.05) is 6.07 Å². The minimum atomic E-state index is 0.262. The van der Waals surface area contributed by atoms with Crippen LogP contribution in [0.4, 0.5) is 0 Å². The molecule has 0 spiro atoms. The van der Waals surface area contributed by atoms with Crippen LogP contribution >= 0.6 is 0 Å². The summed E-state index contributed by atoms with van der Waals surface area (Å²) in [6.07, 6.45) is 2.57. The molecule has 2 N–H and O–H groups in total. The van der Waals surface area contributed by atoms with Crippen molar-refractivity contribution in [3.63, 3.8) is 0 Å². The molecule has 2 rings (SSSR count). The van der Waals surface area contributed by atoms with E-state index in [1.54, 1.807) is 14.2 Å². The number of methoxy groups -OCH3 is 2. The largest absolute Gasteiger partial charge is 0.493 e. The Hall–Kier alpha value is -1.26. The first kappa shape index (κ1) is 15.1. The maximum Gasteiger partial charge on any atom is 0.161 e. The fourth-order valence-electron chi connectivity index (χ4n) is 3.06. The minimum absolute atomic E-state index is 0.262. The second kappa shape index (κ2) is 6.95. The van der Waals surface area contributed by atoms with Gasteiger partial charge in [0.2, 0.25) is 0 Å². The molecule has 1 aromatic carbocycles. The smallest absolute Gasteiger partial charge is 0.161 e. The predicted molar refractivity (Wildman–Crippen MR) is 81.3 cm³/mol. The number of hydrogen-bond acceptors (Lipinski definition) is 4. The molecule has 4 nitrogen and oxygen atoms in total. The van der Waals surface area contributed by atoms with Crippen LogP contribution in [0.2, 0.25) is 0 Å². The number of hydrogen-bond donors (Lipinski definition) is 1. The summed E-state index contributed by atoms with van der Waals surface area (Å²) >= 11 is 0. The van der Waals surface area contributed by atoms with Gasteiger partial charge < -0.3 is 15.2 Å². The summed E-state index contributed by atoms with van der Waals surface area (Å²) in [4.78, 5) is 2.50. The van der Waals surface area contributed by atoms with Gasteiger partial charge in [-0.3, -0.25) is 4.90 Å². The number of nitrogens with two attached hydrogens (primary N) is 1. The van der Waals surface area contributed by atoms with Crippen molar-refractivity contribution < 1.29 is 9.47 Å². The number of rotatable bonds is 5. The third-order valence-electron chi connectivity index (χ3n) is 4.14. The van der Waals surface area contributed by atoms with Crippen molar-refractivity contribution in [2.45, 2.75) is 25.8 Å². The van der Waals surface area contributed by atoms with Crippen LogP contribution in [0, 0.1) is 5.92 Å².